The molecular formula is C17H22N2O2S. The zero-order chi connectivity index (χ0) is 15.9. The van der Waals surface area contributed by atoms with Gasteiger partial charge in [-0.15, -0.1) is 11.3 Å². The summed E-state index contributed by atoms with van der Waals surface area (Å²) in [4.78, 5) is 17.9. The Morgan fingerprint density at radius 2 is 2.05 bits per heavy atom. The van der Waals surface area contributed by atoms with Crippen molar-refractivity contribution in [1.82, 2.24) is 9.88 Å². The first-order valence-corrected chi connectivity index (χ1v) is 8.34. The number of carbonyl (C=O) groups is 1. The van der Waals surface area contributed by atoms with Gasteiger partial charge in [-0.3, -0.25) is 4.79 Å². The van der Waals surface area contributed by atoms with Crippen LogP contribution >= 0.6 is 11.3 Å². The highest BCUT2D eigenvalue weighted by molar-refractivity contribution is 7.09. The van der Waals surface area contributed by atoms with Crippen molar-refractivity contribution >= 4 is 17.2 Å². The summed E-state index contributed by atoms with van der Waals surface area (Å²) >= 11 is 1.57. The summed E-state index contributed by atoms with van der Waals surface area (Å²) in [5, 5.41) is 2.93. The quantitative estimate of drug-likeness (QED) is 0.780. The Bertz CT molecular complexity index is 607. The fourth-order valence-corrected chi connectivity index (χ4v) is 2.78. The first-order chi connectivity index (χ1) is 10.6. The first kappa shape index (κ1) is 16.5. The molecule has 5 heteroatoms. The zero-order valence-corrected chi connectivity index (χ0v) is 14.2. The maximum absolute atomic E-state index is 11.6. The van der Waals surface area contributed by atoms with E-state index in [0.717, 1.165) is 29.4 Å². The Morgan fingerprint density at radius 3 is 2.68 bits per heavy atom. The van der Waals surface area contributed by atoms with Crippen LogP contribution in [0.4, 0.5) is 0 Å². The minimum Gasteiger partial charge on any atom is -0.486 e. The molecule has 1 heterocycles. The molecule has 22 heavy (non-hydrogen) atoms. The average Bonchev–Trinajstić information content (AvgIpc) is 2.94. The molecule has 0 atom stereocenters. The normalized spacial score (nSPS) is 10.5. The van der Waals surface area contributed by atoms with Crippen LogP contribution in [0.1, 0.15) is 36.5 Å². The molecular weight excluding hydrogens is 296 g/mol. The molecule has 0 aliphatic rings. The van der Waals surface area contributed by atoms with Crippen LogP contribution in [0.25, 0.3) is 0 Å². The number of nitrogens with zero attached hydrogens (tertiary/aromatic N) is 2. The van der Waals surface area contributed by atoms with Crippen molar-refractivity contribution in [2.75, 3.05) is 6.54 Å². The van der Waals surface area contributed by atoms with E-state index >= 15 is 0 Å². The lowest BCUT2D eigenvalue weighted by Gasteiger charge is -2.18. The maximum atomic E-state index is 11.6. The lowest BCUT2D eigenvalue weighted by molar-refractivity contribution is -0.129. The first-order valence-electron chi connectivity index (χ1n) is 7.46. The molecule has 0 radical (unpaired) electrons. The Morgan fingerprint density at radius 1 is 1.32 bits per heavy atom. The van der Waals surface area contributed by atoms with Crippen LogP contribution in [0.3, 0.4) is 0 Å². The minimum atomic E-state index is 0.0901. The van der Waals surface area contributed by atoms with E-state index in [1.807, 2.05) is 41.5 Å². The monoisotopic (exact) mass is 318 g/mol. The van der Waals surface area contributed by atoms with Crippen LogP contribution in [-0.4, -0.2) is 22.3 Å². The van der Waals surface area contributed by atoms with Gasteiger partial charge in [-0.2, -0.15) is 0 Å². The van der Waals surface area contributed by atoms with Crippen LogP contribution < -0.4 is 4.74 Å². The molecule has 0 saturated heterocycles. The molecule has 2 rings (SSSR count). The van der Waals surface area contributed by atoms with Crippen LogP contribution in [0.15, 0.2) is 29.6 Å². The van der Waals surface area contributed by atoms with E-state index in [-0.39, 0.29) is 5.91 Å². The molecule has 4 nitrogen and oxygen atoms in total. The number of rotatable bonds is 7. The predicted octanol–water partition coefficient (Wildman–Crippen LogP) is 3.79. The molecule has 0 N–H and O–H groups in total. The van der Waals surface area contributed by atoms with Crippen molar-refractivity contribution in [2.24, 2.45) is 0 Å². The molecule has 0 saturated carbocycles. The van der Waals surface area contributed by atoms with Gasteiger partial charge in [0.05, 0.1) is 12.2 Å². The largest absolute Gasteiger partial charge is 0.486 e. The Hall–Kier alpha value is -1.88. The Labute approximate surface area is 135 Å². The number of carbonyl (C=O) groups excluding carboxylic acids is 1. The van der Waals surface area contributed by atoms with Gasteiger partial charge in [-0.1, -0.05) is 24.6 Å². The van der Waals surface area contributed by atoms with Gasteiger partial charge in [0, 0.05) is 18.8 Å². The predicted molar refractivity (Wildman–Crippen MR) is 89.0 cm³/mol. The fraction of sp³-hybridized carbons (Fsp3) is 0.412. The number of amides is 1. The van der Waals surface area contributed by atoms with Crippen molar-refractivity contribution in [3.63, 3.8) is 0 Å². The van der Waals surface area contributed by atoms with Crippen LogP contribution in [0.2, 0.25) is 0 Å². The molecule has 0 aliphatic heterocycles. The van der Waals surface area contributed by atoms with E-state index in [4.69, 9.17) is 4.74 Å². The second kappa shape index (κ2) is 7.94. The number of hydrogen-bond acceptors (Lipinski definition) is 4. The zero-order valence-electron chi connectivity index (χ0n) is 13.3. The van der Waals surface area contributed by atoms with Crippen LogP contribution in [0, 0.1) is 6.92 Å². The second-order valence-electron chi connectivity index (χ2n) is 5.27. The van der Waals surface area contributed by atoms with Gasteiger partial charge in [-0.05, 0) is 25.5 Å². The summed E-state index contributed by atoms with van der Waals surface area (Å²) < 4.78 is 5.73. The van der Waals surface area contributed by atoms with E-state index in [1.54, 1.807) is 18.3 Å². The SMILES string of the molecule is CCCN(Cc1csc(COc2ccc(C)cc2)n1)C(C)=O. The number of thiazole rings is 1. The Balaban J connectivity index is 1.90. The summed E-state index contributed by atoms with van der Waals surface area (Å²) in [6.45, 7) is 7.52. The molecule has 0 fully saturated rings. The van der Waals surface area contributed by atoms with E-state index in [2.05, 4.69) is 11.9 Å². The highest BCUT2D eigenvalue weighted by Gasteiger charge is 2.11. The van der Waals surface area contributed by atoms with Gasteiger partial charge in [0.25, 0.3) is 0 Å². The highest BCUT2D eigenvalue weighted by Crippen LogP contribution is 2.17. The van der Waals surface area contributed by atoms with Crippen LogP contribution in [-0.2, 0) is 17.9 Å². The lowest BCUT2D eigenvalue weighted by Crippen LogP contribution is -2.29. The van der Waals surface area contributed by atoms with E-state index < -0.39 is 0 Å². The highest BCUT2D eigenvalue weighted by atomic mass is 32.1. The average molecular weight is 318 g/mol. The molecule has 0 unspecified atom stereocenters. The molecule has 2 aromatic rings. The summed E-state index contributed by atoms with van der Waals surface area (Å²) in [7, 11) is 0. The fourth-order valence-electron chi connectivity index (χ4n) is 2.08. The summed E-state index contributed by atoms with van der Waals surface area (Å²) in [5.74, 6) is 0.936. The molecule has 0 bridgehead atoms. The summed E-state index contributed by atoms with van der Waals surface area (Å²) in [5.41, 5.74) is 2.14. The molecule has 0 aliphatic carbocycles. The van der Waals surface area contributed by atoms with Crippen LogP contribution in [0.5, 0.6) is 5.75 Å². The van der Waals surface area contributed by atoms with E-state index in [0.29, 0.717) is 13.2 Å². The number of ether oxygens (including phenoxy) is 1. The standard InChI is InChI=1S/C17H22N2O2S/c1-4-9-19(14(3)20)10-15-12-22-17(18-15)11-21-16-7-5-13(2)6-8-16/h5-8,12H,4,9-11H2,1-3H3. The van der Waals surface area contributed by atoms with Crippen molar-refractivity contribution < 1.29 is 9.53 Å². The number of benzene rings is 1. The van der Waals surface area contributed by atoms with Gasteiger partial charge in [-0.25, -0.2) is 4.98 Å². The topological polar surface area (TPSA) is 42.4 Å². The van der Waals surface area contributed by atoms with E-state index in [1.165, 1.54) is 5.56 Å². The number of aryl methyl sites for hydroxylation is 1. The van der Waals surface area contributed by atoms with Gasteiger partial charge in [0.2, 0.25) is 5.91 Å². The molecule has 1 aromatic carbocycles. The number of hydrogen-bond donors (Lipinski definition) is 0. The lowest BCUT2D eigenvalue weighted by atomic mass is 10.2. The third-order valence-corrected chi connectivity index (χ3v) is 4.15. The van der Waals surface area contributed by atoms with Crippen molar-refractivity contribution in [3.05, 3.63) is 45.9 Å². The maximum Gasteiger partial charge on any atom is 0.219 e. The smallest absolute Gasteiger partial charge is 0.219 e. The van der Waals surface area contributed by atoms with Gasteiger partial charge in [0.15, 0.2) is 0 Å². The molecule has 118 valence electrons. The third kappa shape index (κ3) is 4.84. The number of aromatic nitrogens is 1. The second-order valence-corrected chi connectivity index (χ2v) is 6.22. The summed E-state index contributed by atoms with van der Waals surface area (Å²) in [6, 6.07) is 7.97. The molecule has 1 aromatic heterocycles. The van der Waals surface area contributed by atoms with E-state index in [9.17, 15) is 4.79 Å². The van der Waals surface area contributed by atoms with Crippen molar-refractivity contribution in [1.29, 1.82) is 0 Å². The Kier molecular flexibility index (Phi) is 5.95. The molecule has 1 amide bonds. The van der Waals surface area contributed by atoms with Gasteiger partial charge < -0.3 is 9.64 Å². The minimum absolute atomic E-state index is 0.0901. The van der Waals surface area contributed by atoms with Gasteiger partial charge >= 0.3 is 0 Å². The van der Waals surface area contributed by atoms with Gasteiger partial charge in [0.1, 0.15) is 17.4 Å². The summed E-state index contributed by atoms with van der Waals surface area (Å²) in [6.07, 6.45) is 0.951. The molecule has 0 spiro atoms. The van der Waals surface area contributed by atoms with Crippen molar-refractivity contribution in [2.45, 2.75) is 40.3 Å². The third-order valence-electron chi connectivity index (χ3n) is 3.27. The van der Waals surface area contributed by atoms with Crippen molar-refractivity contribution in [3.8, 4) is 5.75 Å².